The standard InChI is InChI=1S/C15H22FNO/c1-11-8-12(5-6-13(11)16)9-17-14-4-3-7-15(14,2)10-18/h5-6,8,14,17-18H,3-4,7,9-10H2,1-2H3. The Morgan fingerprint density at radius 2 is 2.28 bits per heavy atom. The number of nitrogens with one attached hydrogen (secondary N) is 1. The maximum atomic E-state index is 13.2. The second-order valence-electron chi connectivity index (χ2n) is 5.72. The highest BCUT2D eigenvalue weighted by molar-refractivity contribution is 5.23. The molecule has 1 saturated carbocycles. The maximum absolute atomic E-state index is 13.2. The van der Waals surface area contributed by atoms with Crippen molar-refractivity contribution in [2.45, 2.75) is 45.7 Å². The third-order valence-corrected chi connectivity index (χ3v) is 4.22. The van der Waals surface area contributed by atoms with Crippen molar-refractivity contribution in [2.75, 3.05) is 6.61 Å². The predicted molar refractivity (Wildman–Crippen MR) is 70.8 cm³/mol. The second kappa shape index (κ2) is 5.37. The topological polar surface area (TPSA) is 32.3 Å². The summed E-state index contributed by atoms with van der Waals surface area (Å²) in [5.41, 5.74) is 1.78. The van der Waals surface area contributed by atoms with Crippen LogP contribution in [0.25, 0.3) is 0 Å². The summed E-state index contributed by atoms with van der Waals surface area (Å²) >= 11 is 0. The zero-order valence-electron chi connectivity index (χ0n) is 11.2. The summed E-state index contributed by atoms with van der Waals surface area (Å²) in [6.45, 7) is 4.88. The van der Waals surface area contributed by atoms with Gasteiger partial charge in [-0.1, -0.05) is 25.5 Å². The lowest BCUT2D eigenvalue weighted by Crippen LogP contribution is -2.41. The quantitative estimate of drug-likeness (QED) is 0.862. The molecule has 0 amide bonds. The van der Waals surface area contributed by atoms with Crippen LogP contribution in [-0.4, -0.2) is 17.8 Å². The van der Waals surface area contributed by atoms with Gasteiger partial charge in [-0.2, -0.15) is 0 Å². The molecule has 0 aliphatic heterocycles. The van der Waals surface area contributed by atoms with Crippen molar-refractivity contribution in [2.24, 2.45) is 5.41 Å². The fourth-order valence-electron chi connectivity index (χ4n) is 2.83. The van der Waals surface area contributed by atoms with E-state index in [1.807, 2.05) is 12.1 Å². The number of halogens is 1. The van der Waals surface area contributed by atoms with Crippen LogP contribution < -0.4 is 5.32 Å². The van der Waals surface area contributed by atoms with E-state index in [2.05, 4.69) is 12.2 Å². The Kier molecular flexibility index (Phi) is 4.03. The largest absolute Gasteiger partial charge is 0.396 e. The monoisotopic (exact) mass is 251 g/mol. The molecule has 0 spiro atoms. The lowest BCUT2D eigenvalue weighted by molar-refractivity contribution is 0.118. The SMILES string of the molecule is Cc1cc(CNC2CCCC2(C)CO)ccc1F. The van der Waals surface area contributed by atoms with Crippen molar-refractivity contribution in [1.82, 2.24) is 5.32 Å². The van der Waals surface area contributed by atoms with E-state index >= 15 is 0 Å². The highest BCUT2D eigenvalue weighted by atomic mass is 19.1. The van der Waals surface area contributed by atoms with Crippen LogP contribution in [0.2, 0.25) is 0 Å². The van der Waals surface area contributed by atoms with Crippen molar-refractivity contribution < 1.29 is 9.50 Å². The fraction of sp³-hybridized carbons (Fsp3) is 0.600. The summed E-state index contributed by atoms with van der Waals surface area (Å²) < 4.78 is 13.2. The van der Waals surface area contributed by atoms with E-state index in [4.69, 9.17) is 0 Å². The number of benzene rings is 1. The van der Waals surface area contributed by atoms with Crippen molar-refractivity contribution in [3.63, 3.8) is 0 Å². The Bertz CT molecular complexity index is 421. The van der Waals surface area contributed by atoms with Gasteiger partial charge in [0, 0.05) is 24.6 Å². The predicted octanol–water partition coefficient (Wildman–Crippen LogP) is 2.77. The summed E-state index contributed by atoms with van der Waals surface area (Å²) in [5.74, 6) is -0.153. The van der Waals surface area contributed by atoms with E-state index in [1.54, 1.807) is 6.92 Å². The Morgan fingerprint density at radius 1 is 1.50 bits per heavy atom. The molecule has 2 N–H and O–H groups in total. The van der Waals surface area contributed by atoms with Gasteiger partial charge in [0.2, 0.25) is 0 Å². The molecule has 18 heavy (non-hydrogen) atoms. The highest BCUT2D eigenvalue weighted by Gasteiger charge is 2.37. The van der Waals surface area contributed by atoms with Crippen molar-refractivity contribution in [3.05, 3.63) is 35.1 Å². The molecule has 1 fully saturated rings. The molecule has 0 heterocycles. The fourth-order valence-corrected chi connectivity index (χ4v) is 2.83. The van der Waals surface area contributed by atoms with E-state index < -0.39 is 0 Å². The maximum Gasteiger partial charge on any atom is 0.126 e. The van der Waals surface area contributed by atoms with Gasteiger partial charge in [0.05, 0.1) is 0 Å². The van der Waals surface area contributed by atoms with Gasteiger partial charge in [-0.15, -0.1) is 0 Å². The number of hydrogen-bond acceptors (Lipinski definition) is 2. The van der Waals surface area contributed by atoms with Crippen LogP contribution >= 0.6 is 0 Å². The van der Waals surface area contributed by atoms with Gasteiger partial charge < -0.3 is 10.4 Å². The van der Waals surface area contributed by atoms with E-state index in [0.29, 0.717) is 11.6 Å². The molecule has 2 unspecified atom stereocenters. The second-order valence-corrected chi connectivity index (χ2v) is 5.72. The average Bonchev–Trinajstić information content (AvgIpc) is 2.73. The highest BCUT2D eigenvalue weighted by Crippen LogP contribution is 2.37. The number of hydrogen-bond donors (Lipinski definition) is 2. The zero-order valence-corrected chi connectivity index (χ0v) is 11.2. The Balaban J connectivity index is 1.97. The molecule has 2 nitrogen and oxygen atoms in total. The van der Waals surface area contributed by atoms with Crippen LogP contribution in [0.3, 0.4) is 0 Å². The zero-order chi connectivity index (χ0) is 13.2. The van der Waals surface area contributed by atoms with Crippen molar-refractivity contribution in [1.29, 1.82) is 0 Å². The summed E-state index contributed by atoms with van der Waals surface area (Å²) in [6, 6.07) is 5.58. The minimum Gasteiger partial charge on any atom is -0.396 e. The molecule has 100 valence electrons. The van der Waals surface area contributed by atoms with Crippen LogP contribution in [0.5, 0.6) is 0 Å². The smallest absolute Gasteiger partial charge is 0.126 e. The third kappa shape index (κ3) is 2.73. The van der Waals surface area contributed by atoms with E-state index in [9.17, 15) is 9.50 Å². The number of aryl methyl sites for hydroxylation is 1. The van der Waals surface area contributed by atoms with Crippen LogP contribution in [0.1, 0.15) is 37.3 Å². The van der Waals surface area contributed by atoms with Gasteiger partial charge in [-0.05, 0) is 37.0 Å². The first-order valence-corrected chi connectivity index (χ1v) is 6.64. The van der Waals surface area contributed by atoms with Gasteiger partial charge >= 0.3 is 0 Å². The van der Waals surface area contributed by atoms with Gasteiger partial charge in [0.1, 0.15) is 5.82 Å². The van der Waals surface area contributed by atoms with Gasteiger partial charge in [-0.3, -0.25) is 0 Å². The molecule has 1 aromatic rings. The van der Waals surface area contributed by atoms with Crippen LogP contribution in [0, 0.1) is 18.2 Å². The third-order valence-electron chi connectivity index (χ3n) is 4.22. The minimum atomic E-state index is -0.153. The van der Waals surface area contributed by atoms with E-state index in [1.165, 1.54) is 6.07 Å². The Labute approximate surface area is 108 Å². The number of aliphatic hydroxyl groups excluding tert-OH is 1. The molecule has 0 saturated heterocycles. The van der Waals surface area contributed by atoms with Crippen LogP contribution in [-0.2, 0) is 6.54 Å². The van der Waals surface area contributed by atoms with Crippen LogP contribution in [0.4, 0.5) is 4.39 Å². The van der Waals surface area contributed by atoms with E-state index in [0.717, 1.165) is 31.4 Å². The molecule has 1 aliphatic carbocycles. The molecule has 0 radical (unpaired) electrons. The minimum absolute atomic E-state index is 0.00489. The first-order chi connectivity index (χ1) is 8.55. The average molecular weight is 251 g/mol. The Morgan fingerprint density at radius 3 is 2.94 bits per heavy atom. The van der Waals surface area contributed by atoms with Gasteiger partial charge in [0.25, 0.3) is 0 Å². The number of rotatable bonds is 4. The summed E-state index contributed by atoms with van der Waals surface area (Å²) in [6.07, 6.45) is 3.35. The molecule has 2 rings (SSSR count). The molecular formula is C15H22FNO. The molecule has 1 aromatic carbocycles. The molecule has 3 heteroatoms. The number of aliphatic hydroxyl groups is 1. The first-order valence-electron chi connectivity index (χ1n) is 6.64. The van der Waals surface area contributed by atoms with Crippen molar-refractivity contribution >= 4 is 0 Å². The summed E-state index contributed by atoms with van der Waals surface area (Å²) in [7, 11) is 0. The van der Waals surface area contributed by atoms with Crippen molar-refractivity contribution in [3.8, 4) is 0 Å². The molecule has 1 aliphatic rings. The summed E-state index contributed by atoms with van der Waals surface area (Å²) in [4.78, 5) is 0. The summed E-state index contributed by atoms with van der Waals surface area (Å²) in [5, 5.41) is 13.0. The lowest BCUT2D eigenvalue weighted by atomic mass is 9.85. The van der Waals surface area contributed by atoms with Gasteiger partial charge in [0.15, 0.2) is 0 Å². The van der Waals surface area contributed by atoms with Gasteiger partial charge in [-0.25, -0.2) is 4.39 Å². The molecule has 2 atom stereocenters. The van der Waals surface area contributed by atoms with Crippen LogP contribution in [0.15, 0.2) is 18.2 Å². The normalized spacial score (nSPS) is 27.7. The first kappa shape index (κ1) is 13.5. The molecule has 0 bridgehead atoms. The Hall–Kier alpha value is -0.930. The molecule has 0 aromatic heterocycles. The van der Waals surface area contributed by atoms with E-state index in [-0.39, 0.29) is 17.8 Å². The lowest BCUT2D eigenvalue weighted by Gasteiger charge is -2.30. The molecular weight excluding hydrogens is 229 g/mol.